The van der Waals surface area contributed by atoms with E-state index in [-0.39, 0.29) is 18.2 Å². The van der Waals surface area contributed by atoms with E-state index in [2.05, 4.69) is 31.2 Å². The number of hydrogen-bond donors (Lipinski definition) is 1. The van der Waals surface area contributed by atoms with Gasteiger partial charge in [-0.05, 0) is 62.3 Å². The molecule has 0 bridgehead atoms. The molecule has 6 nitrogen and oxygen atoms in total. The van der Waals surface area contributed by atoms with E-state index in [0.29, 0.717) is 13.1 Å². The molecule has 0 spiro atoms. The fraction of sp³-hybridized carbons (Fsp3) is 0.789. The second-order valence-electron chi connectivity index (χ2n) is 7.84. The van der Waals surface area contributed by atoms with Crippen molar-refractivity contribution in [1.82, 2.24) is 20.0 Å². The van der Waals surface area contributed by atoms with Crippen LogP contribution < -0.4 is 5.32 Å². The minimum atomic E-state index is -0.478. The first kappa shape index (κ1) is 21.5. The van der Waals surface area contributed by atoms with E-state index >= 15 is 0 Å². The van der Waals surface area contributed by atoms with Crippen molar-refractivity contribution >= 4 is 6.09 Å². The predicted octanol–water partition coefficient (Wildman–Crippen LogP) is 3.82. The van der Waals surface area contributed by atoms with E-state index in [1.165, 1.54) is 11.3 Å². The van der Waals surface area contributed by atoms with Crippen LogP contribution in [0.4, 0.5) is 4.79 Å². The molecule has 1 amide bonds. The van der Waals surface area contributed by atoms with Crippen LogP contribution in [0, 0.1) is 13.8 Å². The number of hydrogen-bond acceptors (Lipinski definition) is 4. The van der Waals surface area contributed by atoms with Gasteiger partial charge < -0.3 is 15.0 Å². The van der Waals surface area contributed by atoms with Crippen molar-refractivity contribution in [1.29, 1.82) is 0 Å². The highest BCUT2D eigenvalue weighted by Crippen LogP contribution is 2.21. The Morgan fingerprint density at radius 3 is 2.32 bits per heavy atom. The number of aromatic nitrogens is 2. The Labute approximate surface area is 152 Å². The Morgan fingerprint density at radius 1 is 1.28 bits per heavy atom. The van der Waals surface area contributed by atoms with Crippen molar-refractivity contribution in [2.75, 3.05) is 13.1 Å². The van der Waals surface area contributed by atoms with E-state index in [4.69, 9.17) is 4.74 Å². The normalized spacial score (nSPS) is 13.2. The lowest BCUT2D eigenvalue weighted by molar-refractivity contribution is 0.0192. The second kappa shape index (κ2) is 8.70. The lowest BCUT2D eigenvalue weighted by Gasteiger charge is -2.30. The molecular formula is C19H36N4O2. The standard InChI is InChI=1S/C19H36N4O2/c1-10-23-16(6)17(15(5)21-23)14(4)20-11-12-22(13(2)3)18(24)25-19(7,8)9/h13-14,20H,10-12H2,1-9H3. The van der Waals surface area contributed by atoms with Gasteiger partial charge >= 0.3 is 6.09 Å². The van der Waals surface area contributed by atoms with Gasteiger partial charge in [-0.15, -0.1) is 0 Å². The first-order valence-corrected chi connectivity index (χ1v) is 9.24. The molecule has 1 rings (SSSR count). The average molecular weight is 353 g/mol. The maximum Gasteiger partial charge on any atom is 0.410 e. The summed E-state index contributed by atoms with van der Waals surface area (Å²) in [7, 11) is 0. The molecule has 0 aromatic carbocycles. The van der Waals surface area contributed by atoms with Gasteiger partial charge in [0.2, 0.25) is 0 Å². The van der Waals surface area contributed by atoms with Crippen LogP contribution in [-0.2, 0) is 11.3 Å². The van der Waals surface area contributed by atoms with Crippen LogP contribution >= 0.6 is 0 Å². The average Bonchev–Trinajstić information content (AvgIpc) is 2.75. The Morgan fingerprint density at radius 2 is 1.88 bits per heavy atom. The van der Waals surface area contributed by atoms with Crippen LogP contribution in [0.1, 0.15) is 71.5 Å². The minimum absolute atomic E-state index is 0.0956. The summed E-state index contributed by atoms with van der Waals surface area (Å²) in [6, 6.07) is 0.284. The van der Waals surface area contributed by atoms with Crippen LogP contribution in [0.5, 0.6) is 0 Å². The topological polar surface area (TPSA) is 59.4 Å². The van der Waals surface area contributed by atoms with Gasteiger partial charge in [-0.2, -0.15) is 5.10 Å². The summed E-state index contributed by atoms with van der Waals surface area (Å²) in [6.45, 7) is 20.3. The number of carbonyl (C=O) groups is 1. The molecule has 1 aromatic rings. The van der Waals surface area contributed by atoms with Crippen LogP contribution in [0.3, 0.4) is 0 Å². The molecule has 0 fully saturated rings. The number of nitrogens with one attached hydrogen (secondary N) is 1. The van der Waals surface area contributed by atoms with Gasteiger partial charge in [-0.25, -0.2) is 4.79 Å². The second-order valence-corrected chi connectivity index (χ2v) is 7.84. The third-order valence-electron chi connectivity index (χ3n) is 4.22. The predicted molar refractivity (Wildman–Crippen MR) is 102 cm³/mol. The van der Waals surface area contributed by atoms with E-state index in [0.717, 1.165) is 12.2 Å². The van der Waals surface area contributed by atoms with Gasteiger partial charge in [0.1, 0.15) is 5.60 Å². The summed E-state index contributed by atoms with van der Waals surface area (Å²) in [5, 5.41) is 8.10. The monoisotopic (exact) mass is 352 g/mol. The number of aryl methyl sites for hydroxylation is 2. The highest BCUT2D eigenvalue weighted by molar-refractivity contribution is 5.68. The molecule has 0 aliphatic carbocycles. The Kier molecular flexibility index (Phi) is 7.47. The van der Waals surface area contributed by atoms with Crippen molar-refractivity contribution in [3.05, 3.63) is 17.0 Å². The van der Waals surface area contributed by atoms with Crippen molar-refractivity contribution in [2.24, 2.45) is 0 Å². The van der Waals surface area contributed by atoms with Gasteiger partial charge in [-0.1, -0.05) is 0 Å². The lowest BCUT2D eigenvalue weighted by atomic mass is 10.1. The van der Waals surface area contributed by atoms with Crippen molar-refractivity contribution in [2.45, 2.75) is 86.5 Å². The van der Waals surface area contributed by atoms with E-state index < -0.39 is 5.60 Å². The molecule has 25 heavy (non-hydrogen) atoms. The molecule has 0 saturated carbocycles. The van der Waals surface area contributed by atoms with Gasteiger partial charge in [0.25, 0.3) is 0 Å². The number of rotatable bonds is 7. The minimum Gasteiger partial charge on any atom is -0.444 e. The molecule has 0 radical (unpaired) electrons. The van der Waals surface area contributed by atoms with Crippen LogP contribution in [-0.4, -0.2) is 45.5 Å². The fourth-order valence-corrected chi connectivity index (χ4v) is 3.03. The molecule has 0 aliphatic heterocycles. The summed E-state index contributed by atoms with van der Waals surface area (Å²) in [5.74, 6) is 0. The lowest BCUT2D eigenvalue weighted by Crippen LogP contribution is -2.44. The maximum atomic E-state index is 12.4. The van der Waals surface area contributed by atoms with Crippen molar-refractivity contribution in [3.63, 3.8) is 0 Å². The molecule has 0 saturated heterocycles. The number of amides is 1. The highest BCUT2D eigenvalue weighted by Gasteiger charge is 2.24. The van der Waals surface area contributed by atoms with E-state index in [1.54, 1.807) is 4.90 Å². The molecule has 1 heterocycles. The van der Waals surface area contributed by atoms with Gasteiger partial charge in [0.15, 0.2) is 0 Å². The van der Waals surface area contributed by atoms with Crippen LogP contribution in [0.25, 0.3) is 0 Å². The largest absolute Gasteiger partial charge is 0.444 e. The summed E-state index contributed by atoms with van der Waals surface area (Å²) in [4.78, 5) is 14.1. The summed E-state index contributed by atoms with van der Waals surface area (Å²) >= 11 is 0. The Balaban J connectivity index is 2.67. The number of ether oxygens (including phenoxy) is 1. The van der Waals surface area contributed by atoms with Gasteiger partial charge in [0, 0.05) is 43.0 Å². The summed E-state index contributed by atoms with van der Waals surface area (Å²) in [6.07, 6.45) is -0.261. The smallest absolute Gasteiger partial charge is 0.410 e. The summed E-state index contributed by atoms with van der Waals surface area (Å²) < 4.78 is 7.54. The zero-order valence-electron chi connectivity index (χ0n) is 17.4. The molecule has 1 aromatic heterocycles. The molecule has 1 unspecified atom stereocenters. The first-order chi connectivity index (χ1) is 11.5. The first-order valence-electron chi connectivity index (χ1n) is 9.24. The quantitative estimate of drug-likeness (QED) is 0.810. The van der Waals surface area contributed by atoms with Gasteiger partial charge in [-0.3, -0.25) is 4.68 Å². The molecule has 0 aliphatic rings. The zero-order valence-corrected chi connectivity index (χ0v) is 17.4. The third-order valence-corrected chi connectivity index (χ3v) is 4.22. The summed E-state index contributed by atoms with van der Waals surface area (Å²) in [5.41, 5.74) is 3.03. The molecular weight excluding hydrogens is 316 g/mol. The number of carbonyl (C=O) groups excluding carboxylic acids is 1. The van der Waals surface area contributed by atoms with Gasteiger partial charge in [0.05, 0.1) is 5.69 Å². The zero-order chi connectivity index (χ0) is 19.4. The van der Waals surface area contributed by atoms with E-state index in [1.807, 2.05) is 46.2 Å². The highest BCUT2D eigenvalue weighted by atomic mass is 16.6. The molecule has 1 atom stereocenters. The molecule has 1 N–H and O–H groups in total. The van der Waals surface area contributed by atoms with E-state index in [9.17, 15) is 4.79 Å². The Hall–Kier alpha value is -1.56. The third kappa shape index (κ3) is 6.03. The maximum absolute atomic E-state index is 12.4. The van der Waals surface area contributed by atoms with Crippen molar-refractivity contribution in [3.8, 4) is 0 Å². The van der Waals surface area contributed by atoms with Crippen LogP contribution in [0.2, 0.25) is 0 Å². The van der Waals surface area contributed by atoms with Crippen LogP contribution in [0.15, 0.2) is 0 Å². The number of nitrogens with zero attached hydrogens (tertiary/aromatic N) is 3. The Bertz CT molecular complexity index is 573. The van der Waals surface area contributed by atoms with Crippen molar-refractivity contribution < 1.29 is 9.53 Å². The molecule has 6 heteroatoms. The molecule has 144 valence electrons. The fourth-order valence-electron chi connectivity index (χ4n) is 3.03. The SMILES string of the molecule is CCn1nc(C)c(C(C)NCCN(C(=O)OC(C)(C)C)C(C)C)c1C.